The minimum absolute atomic E-state index is 0.700. The summed E-state index contributed by atoms with van der Waals surface area (Å²) in [6.45, 7) is 0. The lowest BCUT2D eigenvalue weighted by Gasteiger charge is -2.20. The molecule has 0 heterocycles. The van der Waals surface area contributed by atoms with E-state index in [9.17, 15) is 4.55 Å². The van der Waals surface area contributed by atoms with Crippen LogP contribution in [0.4, 0.5) is 0 Å². The molecule has 5 heteroatoms. The van der Waals surface area contributed by atoms with Crippen LogP contribution in [0.15, 0.2) is 77.7 Å². The van der Waals surface area contributed by atoms with Crippen molar-refractivity contribution in [2.75, 3.05) is 14.2 Å². The number of hydrogen-bond donors (Lipinski definition) is 1. The normalized spacial score (nSPS) is 10.7. The Morgan fingerprint density at radius 1 is 0.640 bits per heavy atom. The number of hydrogen-bond acceptors (Lipinski definition) is 4. The second-order valence-corrected chi connectivity index (χ2v) is 8.19. The molecule has 0 bridgehead atoms. The average Bonchev–Trinajstić information content (AvgIpc) is 2.70. The van der Waals surface area contributed by atoms with Gasteiger partial charge in [-0.05, 0) is 60.2 Å². The van der Waals surface area contributed by atoms with E-state index in [1.165, 1.54) is 15.9 Å². The predicted octanol–water partition coefficient (Wildman–Crippen LogP) is 4.03. The summed E-state index contributed by atoms with van der Waals surface area (Å²) in [5, 5.41) is 3.71. The molecule has 0 atom stereocenters. The Hall–Kier alpha value is -2.00. The Morgan fingerprint density at radius 2 is 1.00 bits per heavy atom. The monoisotopic (exact) mass is 370 g/mol. The Labute approximate surface area is 153 Å². The van der Waals surface area contributed by atoms with Crippen molar-refractivity contribution in [2.24, 2.45) is 0 Å². The lowest BCUT2D eigenvalue weighted by Crippen LogP contribution is -2.20. The Bertz CT molecular complexity index is 689. The first kappa shape index (κ1) is 17.8. The number of ether oxygens (including phenoxy) is 2. The highest BCUT2D eigenvalue weighted by atomic mass is 32.2. The standard InChI is InChI=1S/C20H19O3PS/c1-22-15-3-7-17(8-4-15)24(18-9-5-16(23-2)6-10-18)19-11-13-20(25-21)14-12-19/h3-14,21H,1-2H3. The van der Waals surface area contributed by atoms with Gasteiger partial charge in [0.25, 0.3) is 0 Å². The summed E-state index contributed by atoms with van der Waals surface area (Å²) in [5.74, 6) is 1.70. The van der Waals surface area contributed by atoms with Crippen LogP contribution in [0.2, 0.25) is 0 Å². The number of benzene rings is 3. The minimum atomic E-state index is -0.700. The Balaban J connectivity index is 2.04. The van der Waals surface area contributed by atoms with Crippen molar-refractivity contribution in [1.82, 2.24) is 0 Å². The van der Waals surface area contributed by atoms with Crippen LogP contribution in [0, 0.1) is 0 Å². The fourth-order valence-electron chi connectivity index (χ4n) is 2.57. The largest absolute Gasteiger partial charge is 0.497 e. The second-order valence-electron chi connectivity index (χ2n) is 5.32. The van der Waals surface area contributed by atoms with E-state index in [1.54, 1.807) is 14.2 Å². The molecule has 3 aromatic rings. The Kier molecular flexibility index (Phi) is 5.98. The van der Waals surface area contributed by atoms with Crippen LogP contribution in [-0.2, 0) is 0 Å². The molecule has 0 aliphatic rings. The van der Waals surface area contributed by atoms with Gasteiger partial charge in [0.05, 0.1) is 14.2 Å². The van der Waals surface area contributed by atoms with E-state index in [4.69, 9.17) is 9.47 Å². The molecule has 128 valence electrons. The maximum atomic E-state index is 9.21. The summed E-state index contributed by atoms with van der Waals surface area (Å²) in [4.78, 5) is 0.836. The quantitative estimate of drug-likeness (QED) is 0.525. The molecule has 1 N–H and O–H groups in total. The first-order valence-electron chi connectivity index (χ1n) is 7.75. The van der Waals surface area contributed by atoms with Crippen LogP contribution in [0.1, 0.15) is 0 Å². The van der Waals surface area contributed by atoms with Gasteiger partial charge in [-0.25, -0.2) is 0 Å². The van der Waals surface area contributed by atoms with Gasteiger partial charge in [-0.1, -0.05) is 36.4 Å². The first-order chi connectivity index (χ1) is 12.2. The number of rotatable bonds is 6. The van der Waals surface area contributed by atoms with E-state index < -0.39 is 7.92 Å². The van der Waals surface area contributed by atoms with Gasteiger partial charge in [-0.15, -0.1) is 0 Å². The molecule has 0 fully saturated rings. The summed E-state index contributed by atoms with van der Waals surface area (Å²) in [6.07, 6.45) is 0. The van der Waals surface area contributed by atoms with Gasteiger partial charge in [0.15, 0.2) is 0 Å². The molecule has 0 aliphatic carbocycles. The van der Waals surface area contributed by atoms with E-state index in [-0.39, 0.29) is 0 Å². The first-order valence-corrected chi connectivity index (χ1v) is 9.86. The third-order valence-electron chi connectivity index (χ3n) is 3.86. The van der Waals surface area contributed by atoms with E-state index in [0.717, 1.165) is 28.4 Å². The SMILES string of the molecule is COc1ccc(P(c2ccc(OC)cc2)c2ccc(SO)cc2)cc1. The van der Waals surface area contributed by atoms with E-state index >= 15 is 0 Å². The maximum Gasteiger partial charge on any atom is 0.118 e. The molecule has 3 aromatic carbocycles. The van der Waals surface area contributed by atoms with Crippen molar-refractivity contribution in [1.29, 1.82) is 0 Å². The highest BCUT2D eigenvalue weighted by molar-refractivity contribution is 7.93. The molecule has 25 heavy (non-hydrogen) atoms. The van der Waals surface area contributed by atoms with Crippen molar-refractivity contribution in [3.63, 3.8) is 0 Å². The van der Waals surface area contributed by atoms with Crippen LogP contribution < -0.4 is 25.4 Å². The molecule has 3 rings (SSSR count). The molecule has 0 aromatic heterocycles. The summed E-state index contributed by atoms with van der Waals surface area (Å²) < 4.78 is 19.8. The smallest absolute Gasteiger partial charge is 0.118 e. The summed E-state index contributed by atoms with van der Waals surface area (Å²) in [7, 11) is 2.65. The summed E-state index contributed by atoms with van der Waals surface area (Å²) in [6, 6.07) is 24.5. The molecule has 0 unspecified atom stereocenters. The third-order valence-corrected chi connectivity index (χ3v) is 6.79. The zero-order valence-corrected chi connectivity index (χ0v) is 15.8. The van der Waals surface area contributed by atoms with Crippen molar-refractivity contribution in [2.45, 2.75) is 4.90 Å². The lowest BCUT2D eigenvalue weighted by molar-refractivity contribution is 0.415. The highest BCUT2D eigenvalue weighted by Crippen LogP contribution is 2.34. The molecule has 0 amide bonds. The topological polar surface area (TPSA) is 38.7 Å². The molecule has 0 spiro atoms. The van der Waals surface area contributed by atoms with Crippen LogP contribution in [0.5, 0.6) is 11.5 Å². The fourth-order valence-corrected chi connectivity index (χ4v) is 5.06. The van der Waals surface area contributed by atoms with Gasteiger partial charge in [0.1, 0.15) is 11.5 Å². The van der Waals surface area contributed by atoms with Crippen LogP contribution in [0.25, 0.3) is 0 Å². The van der Waals surface area contributed by atoms with Crippen molar-refractivity contribution >= 4 is 35.9 Å². The average molecular weight is 370 g/mol. The molecule has 0 radical (unpaired) electrons. The van der Waals surface area contributed by atoms with Gasteiger partial charge in [-0.3, -0.25) is 0 Å². The van der Waals surface area contributed by atoms with Crippen LogP contribution >= 0.6 is 20.0 Å². The summed E-state index contributed by atoms with van der Waals surface area (Å²) in [5.41, 5.74) is 0. The van der Waals surface area contributed by atoms with E-state index in [0.29, 0.717) is 0 Å². The van der Waals surface area contributed by atoms with Gasteiger partial charge in [-0.2, -0.15) is 0 Å². The molecule has 3 nitrogen and oxygen atoms in total. The molecular formula is C20H19O3PS. The molecule has 0 aliphatic heterocycles. The molecule has 0 saturated carbocycles. The van der Waals surface area contributed by atoms with Gasteiger partial charge in [0.2, 0.25) is 0 Å². The minimum Gasteiger partial charge on any atom is -0.497 e. The predicted molar refractivity (Wildman–Crippen MR) is 107 cm³/mol. The highest BCUT2D eigenvalue weighted by Gasteiger charge is 2.17. The Morgan fingerprint density at radius 3 is 1.32 bits per heavy atom. The van der Waals surface area contributed by atoms with Gasteiger partial charge >= 0.3 is 0 Å². The number of methoxy groups -OCH3 is 2. The van der Waals surface area contributed by atoms with Crippen LogP contribution in [0.3, 0.4) is 0 Å². The van der Waals surface area contributed by atoms with E-state index in [1.807, 2.05) is 36.4 Å². The van der Waals surface area contributed by atoms with E-state index in [2.05, 4.69) is 36.4 Å². The zero-order chi connectivity index (χ0) is 17.6. The van der Waals surface area contributed by atoms with Crippen molar-refractivity contribution < 1.29 is 14.0 Å². The van der Waals surface area contributed by atoms with Crippen molar-refractivity contribution in [3.05, 3.63) is 72.8 Å². The van der Waals surface area contributed by atoms with Gasteiger partial charge in [0, 0.05) is 16.9 Å². The fraction of sp³-hybridized carbons (Fsp3) is 0.100. The second kappa shape index (κ2) is 8.39. The van der Waals surface area contributed by atoms with Crippen LogP contribution in [-0.4, -0.2) is 18.8 Å². The summed E-state index contributed by atoms with van der Waals surface area (Å²) >= 11 is 0.765. The van der Waals surface area contributed by atoms with Crippen molar-refractivity contribution in [3.8, 4) is 11.5 Å². The lowest BCUT2D eigenvalue weighted by atomic mass is 10.3. The third kappa shape index (κ3) is 4.16. The molecular weight excluding hydrogens is 351 g/mol. The zero-order valence-electron chi connectivity index (χ0n) is 14.0. The van der Waals surface area contributed by atoms with Gasteiger partial charge < -0.3 is 14.0 Å². The maximum absolute atomic E-state index is 9.21. The molecule has 0 saturated heterocycles.